The summed E-state index contributed by atoms with van der Waals surface area (Å²) in [6, 6.07) is 12.5. The van der Waals surface area contributed by atoms with Crippen molar-refractivity contribution in [1.29, 1.82) is 0 Å². The Hall–Kier alpha value is -3.29. The number of hydrogen-bond acceptors (Lipinski definition) is 3. The lowest BCUT2D eigenvalue weighted by molar-refractivity contribution is -0.138. The Morgan fingerprint density at radius 2 is 1.97 bits per heavy atom. The van der Waals surface area contributed by atoms with Crippen LogP contribution in [0.4, 0.5) is 13.2 Å². The number of rotatable bonds is 7. The van der Waals surface area contributed by atoms with Crippen LogP contribution in [0, 0.1) is 0 Å². The Labute approximate surface area is 178 Å². The highest BCUT2D eigenvalue weighted by Gasteiger charge is 2.35. The zero-order chi connectivity index (χ0) is 22.0. The van der Waals surface area contributed by atoms with Crippen LogP contribution >= 0.6 is 0 Å². The third-order valence-electron chi connectivity index (χ3n) is 5.34. The molecule has 1 fully saturated rings. The van der Waals surface area contributed by atoms with Gasteiger partial charge in [-0.3, -0.25) is 4.79 Å². The number of methoxy groups -OCH3 is 1. The monoisotopic (exact) mass is 429 g/mol. The number of nitrogens with zero attached hydrogens (tertiary/aromatic N) is 3. The van der Waals surface area contributed by atoms with Gasteiger partial charge in [-0.05, 0) is 42.7 Å². The van der Waals surface area contributed by atoms with Gasteiger partial charge in [-0.2, -0.15) is 13.2 Å². The summed E-state index contributed by atoms with van der Waals surface area (Å²) in [6.45, 7) is 0.249. The highest BCUT2D eigenvalue weighted by molar-refractivity contribution is 5.95. The minimum Gasteiger partial charge on any atom is -0.497 e. The molecule has 0 aliphatic heterocycles. The number of aromatic nitrogens is 2. The Morgan fingerprint density at radius 1 is 1.19 bits per heavy atom. The fourth-order valence-corrected chi connectivity index (χ4v) is 3.58. The number of imidazole rings is 1. The van der Waals surface area contributed by atoms with Crippen LogP contribution in [0.2, 0.25) is 0 Å². The summed E-state index contributed by atoms with van der Waals surface area (Å²) in [5, 5.41) is 0. The van der Waals surface area contributed by atoms with Gasteiger partial charge in [-0.25, -0.2) is 4.98 Å². The minimum atomic E-state index is -4.43. The average molecular weight is 429 g/mol. The molecular weight excluding hydrogens is 407 g/mol. The Kier molecular flexibility index (Phi) is 5.71. The van der Waals surface area contributed by atoms with Crippen LogP contribution in [0.5, 0.6) is 5.75 Å². The lowest BCUT2D eigenvalue weighted by Gasteiger charge is -2.23. The highest BCUT2D eigenvalue weighted by atomic mass is 19.4. The normalized spacial score (nSPS) is 13.8. The molecule has 8 heteroatoms. The molecule has 1 aliphatic rings. The maximum Gasteiger partial charge on any atom is 0.416 e. The van der Waals surface area contributed by atoms with E-state index in [-0.39, 0.29) is 30.6 Å². The van der Waals surface area contributed by atoms with Gasteiger partial charge in [0.15, 0.2) is 0 Å². The first-order valence-electron chi connectivity index (χ1n) is 9.97. The maximum absolute atomic E-state index is 13.4. The molecule has 1 amide bonds. The molecule has 1 aliphatic carbocycles. The number of carbonyl (C=O) groups is 1. The number of ether oxygens (including phenoxy) is 1. The molecule has 4 rings (SSSR count). The zero-order valence-electron chi connectivity index (χ0n) is 17.0. The number of alkyl halides is 3. The summed E-state index contributed by atoms with van der Waals surface area (Å²) >= 11 is 0. The van der Waals surface area contributed by atoms with Crippen molar-refractivity contribution >= 4 is 5.91 Å². The van der Waals surface area contributed by atoms with Crippen LogP contribution in [-0.2, 0) is 19.3 Å². The van der Waals surface area contributed by atoms with Crippen molar-refractivity contribution in [3.05, 3.63) is 83.4 Å². The number of amides is 1. The standard InChI is InChI=1S/C23H22F3N3O2/c1-31-19-7-4-6-16(13-19)22(30)29(18-9-10-18)15-21-27-11-12-28(21)14-17-5-2-3-8-20(17)23(24,25)26/h2-8,11-13,18H,9-10,14-15H2,1H3. The summed E-state index contributed by atoms with van der Waals surface area (Å²) in [4.78, 5) is 19.2. The summed E-state index contributed by atoms with van der Waals surface area (Å²) in [5.74, 6) is 0.985. The van der Waals surface area contributed by atoms with Crippen molar-refractivity contribution in [3.63, 3.8) is 0 Å². The van der Waals surface area contributed by atoms with Crippen molar-refractivity contribution in [2.75, 3.05) is 7.11 Å². The average Bonchev–Trinajstić information content (AvgIpc) is 3.51. The van der Waals surface area contributed by atoms with Gasteiger partial charge in [0.05, 0.1) is 19.2 Å². The molecule has 1 aromatic heterocycles. The van der Waals surface area contributed by atoms with Gasteiger partial charge < -0.3 is 14.2 Å². The van der Waals surface area contributed by atoms with Crippen molar-refractivity contribution in [2.24, 2.45) is 0 Å². The van der Waals surface area contributed by atoms with Gasteiger partial charge in [0.2, 0.25) is 0 Å². The molecule has 162 valence electrons. The lowest BCUT2D eigenvalue weighted by atomic mass is 10.1. The van der Waals surface area contributed by atoms with Gasteiger partial charge in [-0.1, -0.05) is 24.3 Å². The maximum atomic E-state index is 13.4. The number of benzene rings is 2. The minimum absolute atomic E-state index is 0.0247. The molecule has 3 aromatic rings. The highest BCUT2D eigenvalue weighted by Crippen LogP contribution is 2.33. The van der Waals surface area contributed by atoms with E-state index < -0.39 is 11.7 Å². The number of carbonyl (C=O) groups excluding carboxylic acids is 1. The van der Waals surface area contributed by atoms with Crippen LogP contribution in [0.25, 0.3) is 0 Å². The molecule has 0 radical (unpaired) electrons. The SMILES string of the molecule is COc1cccc(C(=O)N(Cc2nccn2Cc2ccccc2C(F)(F)F)C2CC2)c1. The molecule has 31 heavy (non-hydrogen) atoms. The van der Waals surface area contributed by atoms with E-state index in [4.69, 9.17) is 4.74 Å². The van der Waals surface area contributed by atoms with E-state index in [1.165, 1.54) is 19.2 Å². The summed E-state index contributed by atoms with van der Waals surface area (Å²) in [7, 11) is 1.54. The molecule has 0 bridgehead atoms. The van der Waals surface area contributed by atoms with E-state index >= 15 is 0 Å². The van der Waals surface area contributed by atoms with Crippen LogP contribution < -0.4 is 4.74 Å². The van der Waals surface area contributed by atoms with E-state index in [0.29, 0.717) is 17.1 Å². The zero-order valence-corrected chi connectivity index (χ0v) is 17.0. The van der Waals surface area contributed by atoms with Crippen LogP contribution in [0.3, 0.4) is 0 Å². The number of hydrogen-bond donors (Lipinski definition) is 0. The lowest BCUT2D eigenvalue weighted by Crippen LogP contribution is -2.33. The van der Waals surface area contributed by atoms with Crippen molar-refractivity contribution in [1.82, 2.24) is 14.5 Å². The number of halogens is 3. The Balaban J connectivity index is 1.58. The molecule has 0 N–H and O–H groups in total. The fourth-order valence-electron chi connectivity index (χ4n) is 3.58. The summed E-state index contributed by atoms with van der Waals surface area (Å²) < 4.78 is 47.0. The summed E-state index contributed by atoms with van der Waals surface area (Å²) in [5.41, 5.74) is -0.000673. The third-order valence-corrected chi connectivity index (χ3v) is 5.34. The quantitative estimate of drug-likeness (QED) is 0.544. The molecule has 0 spiro atoms. The first kappa shape index (κ1) is 21.0. The molecule has 5 nitrogen and oxygen atoms in total. The molecule has 2 aromatic carbocycles. The predicted molar refractivity (Wildman–Crippen MR) is 109 cm³/mol. The van der Waals surface area contributed by atoms with E-state index in [1.54, 1.807) is 52.2 Å². The largest absolute Gasteiger partial charge is 0.497 e. The van der Waals surface area contributed by atoms with Crippen molar-refractivity contribution < 1.29 is 22.7 Å². The molecule has 1 saturated carbocycles. The molecular formula is C23H22F3N3O2. The fraction of sp³-hybridized carbons (Fsp3) is 0.304. The van der Waals surface area contributed by atoms with Crippen molar-refractivity contribution in [3.8, 4) is 5.75 Å². The van der Waals surface area contributed by atoms with Crippen LogP contribution in [0.15, 0.2) is 60.9 Å². The Morgan fingerprint density at radius 3 is 2.68 bits per heavy atom. The third kappa shape index (κ3) is 4.73. The van der Waals surface area contributed by atoms with Gasteiger partial charge in [0.25, 0.3) is 5.91 Å². The van der Waals surface area contributed by atoms with Crippen LogP contribution in [0.1, 0.15) is 40.2 Å². The second-order valence-electron chi connectivity index (χ2n) is 7.52. The summed E-state index contributed by atoms with van der Waals surface area (Å²) in [6.07, 6.45) is 0.552. The molecule has 0 saturated heterocycles. The van der Waals surface area contributed by atoms with Gasteiger partial charge >= 0.3 is 6.18 Å². The van der Waals surface area contributed by atoms with Crippen LogP contribution in [-0.4, -0.2) is 33.5 Å². The van der Waals surface area contributed by atoms with Gasteiger partial charge in [0, 0.05) is 30.5 Å². The smallest absolute Gasteiger partial charge is 0.416 e. The second-order valence-corrected chi connectivity index (χ2v) is 7.52. The van der Waals surface area contributed by atoms with Gasteiger partial charge in [0.1, 0.15) is 11.6 Å². The van der Waals surface area contributed by atoms with E-state index in [9.17, 15) is 18.0 Å². The van der Waals surface area contributed by atoms with E-state index in [0.717, 1.165) is 18.9 Å². The first-order valence-corrected chi connectivity index (χ1v) is 9.97. The Bertz CT molecular complexity index is 1070. The van der Waals surface area contributed by atoms with E-state index in [2.05, 4.69) is 4.98 Å². The molecule has 0 atom stereocenters. The van der Waals surface area contributed by atoms with E-state index in [1.807, 2.05) is 0 Å². The topological polar surface area (TPSA) is 47.4 Å². The van der Waals surface area contributed by atoms with Gasteiger partial charge in [-0.15, -0.1) is 0 Å². The first-order chi connectivity index (χ1) is 14.9. The molecule has 0 unspecified atom stereocenters. The second kappa shape index (κ2) is 8.45. The molecule has 1 heterocycles. The van der Waals surface area contributed by atoms with Crippen molar-refractivity contribution in [2.45, 2.75) is 38.1 Å². The predicted octanol–water partition coefficient (Wildman–Crippen LogP) is 4.76.